The molecule has 4 bridgehead atoms. The zero-order chi connectivity index (χ0) is 22.6. The van der Waals surface area contributed by atoms with E-state index in [1.54, 1.807) is 18.2 Å². The molecule has 0 radical (unpaired) electrons. The molecule has 3 atom stereocenters. The minimum atomic E-state index is -1.77. The van der Waals surface area contributed by atoms with Crippen molar-refractivity contribution in [2.45, 2.75) is 24.7 Å². The quantitative estimate of drug-likeness (QED) is 0.571. The lowest BCUT2D eigenvalue weighted by Crippen LogP contribution is -2.65. The van der Waals surface area contributed by atoms with Crippen LogP contribution in [0.3, 0.4) is 0 Å². The van der Waals surface area contributed by atoms with Crippen LogP contribution in [-0.4, -0.2) is 34.6 Å². The highest BCUT2D eigenvalue weighted by Crippen LogP contribution is 2.56. The Morgan fingerprint density at radius 3 is 2.55 bits per heavy atom. The molecule has 4 aliphatic rings. The Labute approximate surface area is 192 Å². The van der Waals surface area contributed by atoms with Crippen LogP contribution in [0.4, 0.5) is 4.39 Å². The molecule has 0 saturated carbocycles. The van der Waals surface area contributed by atoms with Gasteiger partial charge >= 0.3 is 0 Å². The van der Waals surface area contributed by atoms with E-state index in [0.29, 0.717) is 29.4 Å². The maximum absolute atomic E-state index is 13.7. The fraction of sp³-hybridized carbons (Fsp3) is 0.333. The zero-order valence-corrected chi connectivity index (χ0v) is 18.2. The number of aliphatic hydroxyl groups is 1. The number of hydroxylamine groups is 3. The average Bonchev–Trinajstić information content (AvgIpc) is 2.93. The van der Waals surface area contributed by atoms with Crippen molar-refractivity contribution in [2.24, 2.45) is 11.8 Å². The van der Waals surface area contributed by atoms with Crippen LogP contribution in [-0.2, 0) is 10.6 Å². The van der Waals surface area contributed by atoms with E-state index >= 15 is 0 Å². The number of halogens is 1. The Balaban J connectivity index is 1.42. The van der Waals surface area contributed by atoms with Crippen molar-refractivity contribution in [3.63, 3.8) is 0 Å². The number of phenolic OH excluding ortho intramolecular Hbond substituents is 1. The van der Waals surface area contributed by atoms with Gasteiger partial charge in [-0.25, -0.2) is 4.39 Å². The number of phenols is 1. The van der Waals surface area contributed by atoms with E-state index in [0.717, 1.165) is 31.5 Å². The van der Waals surface area contributed by atoms with Gasteiger partial charge < -0.3 is 14.9 Å². The van der Waals surface area contributed by atoms with Crippen LogP contribution in [0.2, 0.25) is 0 Å². The molecule has 0 aliphatic carbocycles. The Bertz CT molecular complexity index is 1180. The van der Waals surface area contributed by atoms with E-state index in [4.69, 9.17) is 9.57 Å². The summed E-state index contributed by atoms with van der Waals surface area (Å²) in [5, 5.41) is 22.7. The summed E-state index contributed by atoms with van der Waals surface area (Å²) in [4.78, 5) is 6.72. The molecule has 0 amide bonds. The third-order valence-corrected chi connectivity index (χ3v) is 7.72. The largest absolute Gasteiger partial charge is 0.507 e. The van der Waals surface area contributed by atoms with Gasteiger partial charge in [0.15, 0.2) is 6.04 Å². The predicted octanol–water partition coefficient (Wildman–Crippen LogP) is 4.65. The lowest BCUT2D eigenvalue weighted by atomic mass is 9.71. The first-order valence-electron chi connectivity index (χ1n) is 11.6. The number of benzene rings is 3. The number of piperidine rings is 3. The fourth-order valence-corrected chi connectivity index (χ4v) is 6.17. The summed E-state index contributed by atoms with van der Waals surface area (Å²) in [7, 11) is 0. The lowest BCUT2D eigenvalue weighted by Gasteiger charge is -2.55. The summed E-state index contributed by atoms with van der Waals surface area (Å²) < 4.78 is 20.0. The molecule has 3 unspecified atom stereocenters. The maximum Gasteiger partial charge on any atom is 0.279 e. The molecule has 3 aromatic rings. The van der Waals surface area contributed by atoms with E-state index in [1.807, 2.05) is 42.5 Å². The van der Waals surface area contributed by atoms with Crippen molar-refractivity contribution < 1.29 is 28.8 Å². The van der Waals surface area contributed by atoms with Gasteiger partial charge in [-0.2, -0.15) is 9.48 Å². The number of hydrogen-bond acceptors (Lipinski definition) is 4. The number of hydrogen-bond donors (Lipinski definition) is 2. The number of aromatic hydroxyl groups is 1. The van der Waals surface area contributed by atoms with Crippen LogP contribution in [0.25, 0.3) is 0 Å². The predicted molar refractivity (Wildman–Crippen MR) is 119 cm³/mol. The Morgan fingerprint density at radius 2 is 1.79 bits per heavy atom. The molecule has 33 heavy (non-hydrogen) atoms. The molecular formula is C27H27FNO4+. The van der Waals surface area contributed by atoms with Gasteiger partial charge in [-0.15, -0.1) is 0 Å². The van der Waals surface area contributed by atoms with Gasteiger partial charge in [0.25, 0.3) is 5.79 Å². The van der Waals surface area contributed by atoms with Crippen molar-refractivity contribution in [1.82, 2.24) is 0 Å². The molecule has 4 heterocycles. The van der Waals surface area contributed by atoms with Crippen LogP contribution in [0.15, 0.2) is 72.8 Å². The second kappa shape index (κ2) is 7.55. The molecular weight excluding hydrogens is 421 g/mol. The molecule has 7 rings (SSSR count). The van der Waals surface area contributed by atoms with Gasteiger partial charge in [-0.1, -0.05) is 36.4 Å². The monoisotopic (exact) mass is 448 g/mol. The molecule has 5 nitrogen and oxygen atoms in total. The van der Waals surface area contributed by atoms with Gasteiger partial charge in [-0.3, -0.25) is 0 Å². The third-order valence-electron chi connectivity index (χ3n) is 7.72. The van der Waals surface area contributed by atoms with Crippen LogP contribution in [0, 0.1) is 17.7 Å². The van der Waals surface area contributed by atoms with E-state index in [2.05, 4.69) is 0 Å². The van der Waals surface area contributed by atoms with Crippen LogP contribution < -0.4 is 4.74 Å². The van der Waals surface area contributed by atoms with Crippen molar-refractivity contribution >= 4 is 0 Å². The Kier molecular flexibility index (Phi) is 4.73. The van der Waals surface area contributed by atoms with Gasteiger partial charge in [0, 0.05) is 30.0 Å². The summed E-state index contributed by atoms with van der Waals surface area (Å²) in [6, 6.07) is 20.9. The fourth-order valence-electron chi connectivity index (χ4n) is 6.17. The average molecular weight is 449 g/mol. The minimum Gasteiger partial charge on any atom is -0.507 e. The van der Waals surface area contributed by atoms with Crippen LogP contribution in [0.1, 0.15) is 35.6 Å². The molecule has 6 heteroatoms. The normalized spacial score (nSPS) is 32.1. The topological polar surface area (TPSA) is 58.9 Å². The molecule has 170 valence electrons. The maximum atomic E-state index is 13.7. The second-order valence-corrected chi connectivity index (χ2v) is 9.49. The van der Waals surface area contributed by atoms with E-state index in [9.17, 15) is 14.6 Å². The van der Waals surface area contributed by atoms with Crippen molar-refractivity contribution in [1.29, 1.82) is 0 Å². The summed E-state index contributed by atoms with van der Waals surface area (Å²) >= 11 is 0. The van der Waals surface area contributed by atoms with Crippen LogP contribution in [0.5, 0.6) is 11.5 Å². The summed E-state index contributed by atoms with van der Waals surface area (Å²) in [5.41, 5.74) is 1.97. The molecule has 3 aromatic carbocycles. The molecule has 2 N–H and O–H groups in total. The molecule has 3 saturated heterocycles. The minimum absolute atomic E-state index is 0.00598. The molecule has 4 aliphatic heterocycles. The number of fused-ring (bicyclic) bond motifs is 4. The van der Waals surface area contributed by atoms with Gasteiger partial charge in [0.05, 0.1) is 18.1 Å². The van der Waals surface area contributed by atoms with Crippen molar-refractivity contribution in [2.75, 3.05) is 19.7 Å². The van der Waals surface area contributed by atoms with E-state index in [-0.39, 0.29) is 28.2 Å². The second-order valence-electron chi connectivity index (χ2n) is 9.49. The van der Waals surface area contributed by atoms with Crippen molar-refractivity contribution in [3.05, 3.63) is 95.3 Å². The van der Waals surface area contributed by atoms with E-state index < -0.39 is 5.79 Å². The summed E-state index contributed by atoms with van der Waals surface area (Å²) in [6.45, 7) is 1.99. The highest BCUT2D eigenvalue weighted by Gasteiger charge is 2.61. The Morgan fingerprint density at radius 1 is 1.00 bits per heavy atom. The zero-order valence-electron chi connectivity index (χ0n) is 18.2. The first kappa shape index (κ1) is 20.7. The van der Waals surface area contributed by atoms with Gasteiger partial charge in [0.1, 0.15) is 30.4 Å². The van der Waals surface area contributed by atoms with Gasteiger partial charge in [-0.05, 0) is 36.2 Å². The van der Waals surface area contributed by atoms with E-state index in [1.165, 1.54) is 12.1 Å². The number of quaternary nitrogens is 1. The van der Waals surface area contributed by atoms with Crippen molar-refractivity contribution in [3.8, 4) is 11.5 Å². The third kappa shape index (κ3) is 3.24. The first-order chi connectivity index (χ1) is 16.0. The van der Waals surface area contributed by atoms with Crippen LogP contribution >= 0.6 is 0 Å². The Hall–Kier alpha value is -2.93. The first-order valence-corrected chi connectivity index (χ1v) is 11.6. The number of ether oxygens (including phenoxy) is 1. The molecule has 1 spiro atoms. The number of nitrogens with zero attached hydrogens (tertiary/aromatic N) is 1. The standard InChI is InChI=1S/C27H26FNO4/c28-21-7-4-8-22(16-21)32-17-23-18-11-13-29(14-12-18)26(23)19-9-10-25(30)24(15-19)27(31,33-29)20-5-2-1-3-6-20/h1-10,15-16,18,23,26,31H,11-14,17H2/p+1. The highest BCUT2D eigenvalue weighted by molar-refractivity contribution is 5.45. The smallest absolute Gasteiger partial charge is 0.279 e. The van der Waals surface area contributed by atoms with Gasteiger partial charge in [0.2, 0.25) is 0 Å². The SMILES string of the molecule is Oc1ccc2cc1C(O)(c1ccccc1)O[N+]13CCC(CC1)C(COc1cccc(F)c1)C23. The number of rotatable bonds is 4. The summed E-state index contributed by atoms with van der Waals surface area (Å²) in [5.74, 6) is -0.988. The molecule has 3 fully saturated rings. The molecule has 0 aromatic heterocycles. The summed E-state index contributed by atoms with van der Waals surface area (Å²) in [6.07, 6.45) is 1.92. The highest BCUT2D eigenvalue weighted by atomic mass is 19.1. The lowest BCUT2D eigenvalue weighted by molar-refractivity contribution is -1.15.